The molecule has 4 aromatic rings. The van der Waals surface area contributed by atoms with Gasteiger partial charge < -0.3 is 79.1 Å². The number of carboxylic acids is 1. The van der Waals surface area contributed by atoms with Crippen LogP contribution in [-0.4, -0.2) is 155 Å². The molecule has 394 valence electrons. The number of hydrogen-bond donors (Lipinski definition) is 15. The lowest BCUT2D eigenvalue weighted by molar-refractivity contribution is -0.142. The number of phenols is 1. The van der Waals surface area contributed by atoms with E-state index < -0.39 is 134 Å². The molecule has 73 heavy (non-hydrogen) atoms. The van der Waals surface area contributed by atoms with Crippen molar-refractivity contribution < 1.29 is 63.6 Å². The van der Waals surface area contributed by atoms with Crippen molar-refractivity contribution in [3.05, 3.63) is 102 Å². The van der Waals surface area contributed by atoms with Gasteiger partial charge in [0.1, 0.15) is 48.0 Å². The molecule has 8 amide bonds. The summed E-state index contributed by atoms with van der Waals surface area (Å²) in [6.45, 7) is 1.32. The predicted molar refractivity (Wildman–Crippen MR) is 258 cm³/mol. The van der Waals surface area contributed by atoms with Crippen LogP contribution in [-0.2, 0) is 68.8 Å². The molecule has 4 rings (SSSR count). The van der Waals surface area contributed by atoms with Crippen molar-refractivity contribution in [2.75, 3.05) is 13.2 Å². The summed E-state index contributed by atoms with van der Waals surface area (Å²) in [5.41, 5.74) is 13.5. The summed E-state index contributed by atoms with van der Waals surface area (Å²) < 4.78 is 0. The van der Waals surface area contributed by atoms with E-state index in [9.17, 15) is 63.6 Å². The van der Waals surface area contributed by atoms with Crippen LogP contribution in [0.1, 0.15) is 55.6 Å². The molecule has 17 N–H and O–H groups in total. The van der Waals surface area contributed by atoms with E-state index in [0.29, 0.717) is 17.0 Å². The number of nitrogens with zero attached hydrogens (tertiary/aromatic N) is 2. The van der Waals surface area contributed by atoms with E-state index >= 15 is 0 Å². The third-order valence-electron chi connectivity index (χ3n) is 11.6. The van der Waals surface area contributed by atoms with Gasteiger partial charge >= 0.3 is 5.97 Å². The number of imidazole rings is 2. The van der Waals surface area contributed by atoms with Gasteiger partial charge in [-0.1, -0.05) is 62.7 Å². The summed E-state index contributed by atoms with van der Waals surface area (Å²) in [5, 5.41) is 57.2. The summed E-state index contributed by atoms with van der Waals surface area (Å²) in [7, 11) is 0. The number of nitrogens with two attached hydrogens (primary N) is 2. The molecular formula is C47H63N13O13. The molecule has 2 heterocycles. The van der Waals surface area contributed by atoms with Gasteiger partial charge in [-0.2, -0.15) is 0 Å². The Kier molecular flexibility index (Phi) is 22.4. The summed E-state index contributed by atoms with van der Waals surface area (Å²) >= 11 is 0. The van der Waals surface area contributed by atoms with Crippen LogP contribution in [0, 0.1) is 5.92 Å². The molecule has 0 saturated carbocycles. The zero-order chi connectivity index (χ0) is 53.6. The number of carbonyl (C=O) groups is 9. The van der Waals surface area contributed by atoms with E-state index in [1.54, 1.807) is 44.2 Å². The number of aromatic amines is 2. The number of aliphatic carboxylic acids is 1. The molecule has 0 unspecified atom stereocenters. The average Bonchev–Trinajstić information content (AvgIpc) is 4.10. The molecule has 0 aliphatic rings. The maximum absolute atomic E-state index is 14.3. The number of primary amides is 1. The first-order valence-electron chi connectivity index (χ1n) is 23.2. The maximum Gasteiger partial charge on any atom is 0.326 e. The highest BCUT2D eigenvalue weighted by Crippen LogP contribution is 2.15. The number of aromatic nitrogens is 4. The number of aliphatic hydroxyl groups is 2. The number of nitrogens with one attached hydrogen (secondary N) is 9. The van der Waals surface area contributed by atoms with Gasteiger partial charge in [-0.25, -0.2) is 14.8 Å². The van der Waals surface area contributed by atoms with Crippen LogP contribution >= 0.6 is 0 Å². The Labute approximate surface area is 418 Å². The number of aliphatic hydroxyl groups excluding tert-OH is 2. The lowest BCUT2D eigenvalue weighted by Crippen LogP contribution is -2.62. The van der Waals surface area contributed by atoms with Crippen LogP contribution in [0.15, 0.2) is 79.6 Å². The Hall–Kier alpha value is -8.23. The molecular weight excluding hydrogens is 955 g/mol. The Balaban J connectivity index is 1.53. The largest absolute Gasteiger partial charge is 0.508 e. The minimum Gasteiger partial charge on any atom is -0.508 e. The normalized spacial score (nSPS) is 14.8. The highest BCUT2D eigenvalue weighted by molar-refractivity contribution is 5.98. The van der Waals surface area contributed by atoms with Crippen LogP contribution < -0.4 is 48.7 Å². The first kappa shape index (κ1) is 57.3. The fourth-order valence-corrected chi connectivity index (χ4v) is 7.21. The Morgan fingerprint density at radius 1 is 0.575 bits per heavy atom. The van der Waals surface area contributed by atoms with E-state index in [0.717, 1.165) is 5.56 Å². The zero-order valence-electron chi connectivity index (χ0n) is 40.1. The number of phenolic OH excluding ortho intramolecular Hbond substituents is 1. The SMILES string of the molecule is CC[C@H](C)[C@H](NC(=O)[C@H](CO)NC(=O)[C@H](Cc1cnc[nH]1)NC(=O)[C@@H](N)Cc1ccccc1)C(=O)N[C@@H](Cc1ccc(O)cc1)C(=O)N[C@@H](CCC(N)=O)C(=O)N[C@@H](CO)C(=O)N[C@@H](Cc1cnc[nH]1)C(=O)O. The third kappa shape index (κ3) is 18.5. The van der Waals surface area contributed by atoms with Crippen molar-refractivity contribution in [2.24, 2.45) is 17.4 Å². The summed E-state index contributed by atoms with van der Waals surface area (Å²) in [6.07, 6.45) is 4.27. The average molecular weight is 1020 g/mol. The van der Waals surface area contributed by atoms with Crippen LogP contribution in [0.25, 0.3) is 0 Å². The first-order valence-corrected chi connectivity index (χ1v) is 23.2. The van der Waals surface area contributed by atoms with Crippen LogP contribution in [0.5, 0.6) is 5.75 Å². The van der Waals surface area contributed by atoms with E-state index in [1.807, 2.05) is 0 Å². The van der Waals surface area contributed by atoms with E-state index in [1.165, 1.54) is 49.3 Å². The van der Waals surface area contributed by atoms with Gasteiger partial charge in [0.15, 0.2) is 0 Å². The molecule has 0 spiro atoms. The molecule has 0 fully saturated rings. The standard InChI is InChI=1S/C47H63N13O13/c1-3-25(2)39(60-45(70)37(22-62)59-43(68)34(17-28-19-50-23-52-28)55-40(65)31(48)15-26-7-5-4-6-8-26)46(71)56-33(16-27-9-11-30(63)12-10-27)42(67)54-32(13-14-38(49)64)41(66)58-36(21-61)44(69)57-35(47(72)73)18-29-20-51-24-53-29/h4-12,19-20,23-25,31-37,39,61-63H,3,13-18,21-22,48H2,1-2H3,(H2,49,64)(H,50,52)(H,51,53)(H,54,67)(H,55,65)(H,56,71)(H,57,69)(H,58,66)(H,59,68)(H,60,70)(H,72,73)/t25-,31-,32-,33-,34-,35-,36-,37-,39-/m0/s1. The van der Waals surface area contributed by atoms with Gasteiger partial charge in [-0.3, -0.25) is 38.4 Å². The third-order valence-corrected chi connectivity index (χ3v) is 11.6. The van der Waals surface area contributed by atoms with Crippen molar-refractivity contribution in [3.8, 4) is 5.75 Å². The monoisotopic (exact) mass is 1020 g/mol. The van der Waals surface area contributed by atoms with Gasteiger partial charge in [0.25, 0.3) is 0 Å². The molecule has 0 bridgehead atoms. The fraction of sp³-hybridized carbons (Fsp3) is 0.426. The predicted octanol–water partition coefficient (Wildman–Crippen LogP) is -3.79. The summed E-state index contributed by atoms with van der Waals surface area (Å²) in [5.74, 6) is -9.88. The Bertz CT molecular complexity index is 2460. The maximum atomic E-state index is 14.3. The van der Waals surface area contributed by atoms with Gasteiger partial charge in [-0.05, 0) is 42.0 Å². The first-order chi connectivity index (χ1) is 34.8. The molecule has 0 radical (unpaired) electrons. The molecule has 0 saturated heterocycles. The van der Waals surface area contributed by atoms with Gasteiger partial charge in [0.2, 0.25) is 47.3 Å². The number of aromatic hydroxyl groups is 1. The van der Waals surface area contributed by atoms with E-state index in [4.69, 9.17) is 11.5 Å². The van der Waals surface area contributed by atoms with Crippen molar-refractivity contribution in [3.63, 3.8) is 0 Å². The molecule has 0 aliphatic carbocycles. The second kappa shape index (κ2) is 28.6. The Morgan fingerprint density at radius 3 is 1.53 bits per heavy atom. The van der Waals surface area contributed by atoms with Crippen LogP contribution in [0.2, 0.25) is 0 Å². The summed E-state index contributed by atoms with van der Waals surface area (Å²) in [6, 6.07) is 2.45. The van der Waals surface area contributed by atoms with E-state index in [-0.39, 0.29) is 37.9 Å². The van der Waals surface area contributed by atoms with E-state index in [2.05, 4.69) is 57.2 Å². The van der Waals surface area contributed by atoms with Crippen molar-refractivity contribution >= 4 is 53.2 Å². The van der Waals surface area contributed by atoms with Gasteiger partial charge in [0.05, 0.1) is 31.9 Å². The highest BCUT2D eigenvalue weighted by atomic mass is 16.4. The lowest BCUT2D eigenvalue weighted by Gasteiger charge is -2.29. The van der Waals surface area contributed by atoms with Crippen LogP contribution in [0.4, 0.5) is 0 Å². The minimum atomic E-state index is -1.76. The van der Waals surface area contributed by atoms with Crippen molar-refractivity contribution in [1.82, 2.24) is 57.2 Å². The molecule has 26 nitrogen and oxygen atoms in total. The van der Waals surface area contributed by atoms with Gasteiger partial charge in [-0.15, -0.1) is 0 Å². The quantitative estimate of drug-likeness (QED) is 0.0238. The second-order valence-corrected chi connectivity index (χ2v) is 17.2. The highest BCUT2D eigenvalue weighted by Gasteiger charge is 2.36. The number of carbonyl (C=O) groups excluding carboxylic acids is 8. The van der Waals surface area contributed by atoms with Crippen molar-refractivity contribution in [2.45, 2.75) is 107 Å². The topological polar surface area (TPSA) is 428 Å². The minimum absolute atomic E-state index is 0.123. The molecule has 0 aliphatic heterocycles. The fourth-order valence-electron chi connectivity index (χ4n) is 7.21. The molecule has 2 aromatic heterocycles. The number of benzene rings is 2. The number of hydrogen-bond acceptors (Lipinski definition) is 15. The zero-order valence-corrected chi connectivity index (χ0v) is 40.1. The summed E-state index contributed by atoms with van der Waals surface area (Å²) in [4.78, 5) is 133. The number of rotatable bonds is 30. The van der Waals surface area contributed by atoms with Gasteiger partial charge in [0, 0.05) is 49.5 Å². The number of amides is 8. The Morgan fingerprint density at radius 2 is 1.03 bits per heavy atom. The molecule has 26 heteroatoms. The lowest BCUT2D eigenvalue weighted by atomic mass is 9.96. The molecule has 2 aromatic carbocycles. The van der Waals surface area contributed by atoms with Crippen molar-refractivity contribution in [1.29, 1.82) is 0 Å². The second-order valence-electron chi connectivity index (χ2n) is 17.2. The molecule has 9 atom stereocenters. The number of carboxylic acid groups (broad SMARTS) is 1. The smallest absolute Gasteiger partial charge is 0.326 e. The number of H-pyrrole nitrogens is 2. The van der Waals surface area contributed by atoms with Crippen LogP contribution in [0.3, 0.4) is 0 Å².